The molecular weight excluding hydrogens is 136 g/mol. The molecule has 2 fully saturated rings. The normalized spacial score (nSPS) is 46.6. The molecule has 0 bridgehead atoms. The van der Waals surface area contributed by atoms with Gasteiger partial charge in [-0.05, 0) is 36.0 Å². The number of hydrogen-bond donors (Lipinski definition) is 1. The van der Waals surface area contributed by atoms with E-state index in [1.165, 1.54) is 25.7 Å². The summed E-state index contributed by atoms with van der Waals surface area (Å²) >= 11 is 0. The first-order valence-electron chi connectivity index (χ1n) is 4.73. The van der Waals surface area contributed by atoms with Gasteiger partial charge in [0, 0.05) is 6.61 Å². The van der Waals surface area contributed by atoms with Gasteiger partial charge in [-0.1, -0.05) is 20.3 Å². The maximum atomic E-state index is 9.17. The molecule has 0 saturated heterocycles. The van der Waals surface area contributed by atoms with Crippen molar-refractivity contribution in [2.24, 2.45) is 16.7 Å². The monoisotopic (exact) mass is 154 g/mol. The standard InChI is InChI=1S/C10H18O/c1-9(2)7-10(9)5-3-4-8(10)6-11/h8,11H,3-7H2,1-2H3. The Morgan fingerprint density at radius 3 is 2.45 bits per heavy atom. The summed E-state index contributed by atoms with van der Waals surface area (Å²) in [5, 5.41) is 9.17. The molecule has 0 amide bonds. The van der Waals surface area contributed by atoms with Gasteiger partial charge in [-0.2, -0.15) is 0 Å². The SMILES string of the molecule is CC1(C)CC12CCCC2CO. The molecule has 0 aromatic carbocycles. The molecule has 0 aromatic heterocycles. The van der Waals surface area contributed by atoms with Gasteiger partial charge in [-0.15, -0.1) is 0 Å². The molecule has 2 aliphatic rings. The fourth-order valence-corrected chi connectivity index (χ4v) is 3.28. The second kappa shape index (κ2) is 2.01. The summed E-state index contributed by atoms with van der Waals surface area (Å²) in [6.07, 6.45) is 5.32. The first kappa shape index (κ1) is 7.60. The summed E-state index contributed by atoms with van der Waals surface area (Å²) in [5.41, 5.74) is 1.10. The summed E-state index contributed by atoms with van der Waals surface area (Å²) in [6, 6.07) is 0. The van der Waals surface area contributed by atoms with Crippen molar-refractivity contribution in [3.63, 3.8) is 0 Å². The highest BCUT2D eigenvalue weighted by molar-refractivity contribution is 5.14. The van der Waals surface area contributed by atoms with Crippen molar-refractivity contribution in [2.75, 3.05) is 6.61 Å². The second-order valence-electron chi connectivity index (χ2n) is 4.99. The molecule has 0 aliphatic heterocycles. The Hall–Kier alpha value is -0.0400. The van der Waals surface area contributed by atoms with Gasteiger partial charge in [-0.25, -0.2) is 0 Å². The van der Waals surface area contributed by atoms with Crippen molar-refractivity contribution in [2.45, 2.75) is 39.5 Å². The van der Waals surface area contributed by atoms with Gasteiger partial charge >= 0.3 is 0 Å². The molecule has 0 aromatic rings. The minimum absolute atomic E-state index is 0.420. The largest absolute Gasteiger partial charge is 0.396 e. The van der Waals surface area contributed by atoms with Crippen LogP contribution in [0.25, 0.3) is 0 Å². The van der Waals surface area contributed by atoms with Gasteiger partial charge in [0.1, 0.15) is 0 Å². The Morgan fingerprint density at radius 1 is 1.45 bits per heavy atom. The maximum Gasteiger partial charge on any atom is 0.0464 e. The molecule has 0 radical (unpaired) electrons. The number of aliphatic hydroxyl groups is 1. The van der Waals surface area contributed by atoms with Crippen LogP contribution in [-0.2, 0) is 0 Å². The van der Waals surface area contributed by atoms with E-state index in [-0.39, 0.29) is 0 Å². The van der Waals surface area contributed by atoms with Crippen LogP contribution in [0, 0.1) is 16.7 Å². The zero-order chi connectivity index (χ0) is 8.11. The van der Waals surface area contributed by atoms with E-state index in [2.05, 4.69) is 13.8 Å². The van der Waals surface area contributed by atoms with E-state index in [0.29, 0.717) is 23.4 Å². The molecule has 2 unspecified atom stereocenters. The molecule has 1 nitrogen and oxygen atoms in total. The van der Waals surface area contributed by atoms with Gasteiger partial charge in [0.05, 0.1) is 0 Å². The van der Waals surface area contributed by atoms with Crippen LogP contribution < -0.4 is 0 Å². The van der Waals surface area contributed by atoms with Crippen molar-refractivity contribution in [1.82, 2.24) is 0 Å². The van der Waals surface area contributed by atoms with Crippen molar-refractivity contribution in [1.29, 1.82) is 0 Å². The van der Waals surface area contributed by atoms with Crippen LogP contribution in [0.4, 0.5) is 0 Å². The molecule has 1 heteroatoms. The first-order valence-corrected chi connectivity index (χ1v) is 4.73. The van der Waals surface area contributed by atoms with E-state index in [4.69, 9.17) is 0 Å². The van der Waals surface area contributed by atoms with Crippen molar-refractivity contribution >= 4 is 0 Å². The molecule has 2 rings (SSSR count). The smallest absolute Gasteiger partial charge is 0.0464 e. The Balaban J connectivity index is 2.15. The highest BCUT2D eigenvalue weighted by Gasteiger charge is 2.65. The summed E-state index contributed by atoms with van der Waals surface area (Å²) in [4.78, 5) is 0. The highest BCUT2D eigenvalue weighted by atomic mass is 16.3. The lowest BCUT2D eigenvalue weighted by molar-refractivity contribution is 0.162. The second-order valence-corrected chi connectivity index (χ2v) is 4.99. The van der Waals surface area contributed by atoms with Gasteiger partial charge in [0.25, 0.3) is 0 Å². The zero-order valence-electron chi connectivity index (χ0n) is 7.56. The molecule has 2 saturated carbocycles. The average molecular weight is 154 g/mol. The lowest BCUT2D eigenvalue weighted by atomic mass is 9.86. The van der Waals surface area contributed by atoms with Gasteiger partial charge in [-0.3, -0.25) is 0 Å². The Bertz CT molecular complexity index is 170. The quantitative estimate of drug-likeness (QED) is 0.614. The Kier molecular flexibility index (Phi) is 1.39. The Morgan fingerprint density at radius 2 is 2.09 bits per heavy atom. The van der Waals surface area contributed by atoms with Crippen molar-refractivity contribution in [3.8, 4) is 0 Å². The predicted molar refractivity (Wildman–Crippen MR) is 45.3 cm³/mol. The minimum Gasteiger partial charge on any atom is -0.396 e. The van der Waals surface area contributed by atoms with Crippen LogP contribution in [0.5, 0.6) is 0 Å². The Labute approximate surface area is 68.8 Å². The summed E-state index contributed by atoms with van der Waals surface area (Å²) in [5.74, 6) is 0.623. The van der Waals surface area contributed by atoms with E-state index in [1.807, 2.05) is 0 Å². The van der Waals surface area contributed by atoms with Crippen LogP contribution in [0.2, 0.25) is 0 Å². The summed E-state index contributed by atoms with van der Waals surface area (Å²) < 4.78 is 0. The minimum atomic E-state index is 0.420. The number of rotatable bonds is 1. The molecule has 11 heavy (non-hydrogen) atoms. The van der Waals surface area contributed by atoms with Gasteiger partial charge in [0.15, 0.2) is 0 Å². The fourth-order valence-electron chi connectivity index (χ4n) is 3.28. The van der Waals surface area contributed by atoms with E-state index >= 15 is 0 Å². The molecule has 1 N–H and O–H groups in total. The predicted octanol–water partition coefficient (Wildman–Crippen LogP) is 2.20. The van der Waals surface area contributed by atoms with Crippen LogP contribution in [0.15, 0.2) is 0 Å². The van der Waals surface area contributed by atoms with E-state index < -0.39 is 0 Å². The van der Waals surface area contributed by atoms with Crippen LogP contribution >= 0.6 is 0 Å². The third-order valence-corrected chi connectivity index (χ3v) is 4.16. The van der Waals surface area contributed by atoms with Crippen LogP contribution in [0.3, 0.4) is 0 Å². The third-order valence-electron chi connectivity index (χ3n) is 4.16. The lowest BCUT2D eigenvalue weighted by Crippen LogP contribution is -2.18. The molecule has 1 spiro atoms. The van der Waals surface area contributed by atoms with E-state index in [1.54, 1.807) is 0 Å². The van der Waals surface area contributed by atoms with E-state index in [9.17, 15) is 5.11 Å². The van der Waals surface area contributed by atoms with Gasteiger partial charge in [0.2, 0.25) is 0 Å². The number of aliphatic hydroxyl groups excluding tert-OH is 1. The summed E-state index contributed by atoms with van der Waals surface area (Å²) in [7, 11) is 0. The summed E-state index contributed by atoms with van der Waals surface area (Å²) in [6.45, 7) is 5.12. The average Bonchev–Trinajstić information content (AvgIpc) is 2.38. The third kappa shape index (κ3) is 0.807. The van der Waals surface area contributed by atoms with Crippen LogP contribution in [-0.4, -0.2) is 11.7 Å². The number of hydrogen-bond acceptors (Lipinski definition) is 1. The lowest BCUT2D eigenvalue weighted by Gasteiger charge is -2.20. The molecule has 2 atom stereocenters. The van der Waals surface area contributed by atoms with Crippen molar-refractivity contribution < 1.29 is 5.11 Å². The molecule has 0 heterocycles. The molecule has 64 valence electrons. The topological polar surface area (TPSA) is 20.2 Å². The maximum absolute atomic E-state index is 9.17. The van der Waals surface area contributed by atoms with Gasteiger partial charge < -0.3 is 5.11 Å². The van der Waals surface area contributed by atoms with Crippen molar-refractivity contribution in [3.05, 3.63) is 0 Å². The highest BCUT2D eigenvalue weighted by Crippen LogP contribution is 2.73. The van der Waals surface area contributed by atoms with E-state index in [0.717, 1.165) is 0 Å². The molecular formula is C10H18O. The zero-order valence-corrected chi connectivity index (χ0v) is 7.56. The fraction of sp³-hybridized carbons (Fsp3) is 1.00. The van der Waals surface area contributed by atoms with Crippen LogP contribution in [0.1, 0.15) is 39.5 Å². The first-order chi connectivity index (χ1) is 5.12. The molecule has 2 aliphatic carbocycles.